The van der Waals surface area contributed by atoms with Crippen LogP contribution in [0.15, 0.2) is 48.7 Å². The maximum Gasteiger partial charge on any atom is 0.243 e. The SMILES string of the molecule is CC(=O)c1cn(CC(=O)N(CC(=O)NCc2cccc(Cl)c2F)C(C)C)c2ccccc12. The number of rotatable bonds is 8. The molecule has 1 heterocycles. The highest BCUT2D eigenvalue weighted by molar-refractivity contribution is 6.30. The maximum atomic E-state index is 14.0. The molecule has 168 valence electrons. The molecule has 0 unspecified atom stereocenters. The molecule has 0 spiro atoms. The Balaban J connectivity index is 1.71. The fraction of sp³-hybridized carbons (Fsp3) is 0.292. The van der Waals surface area contributed by atoms with Gasteiger partial charge in [-0.2, -0.15) is 0 Å². The molecule has 2 amide bonds. The molecular weight excluding hydrogens is 433 g/mol. The largest absolute Gasteiger partial charge is 0.350 e. The van der Waals surface area contributed by atoms with Crippen molar-refractivity contribution in [3.05, 3.63) is 70.6 Å². The molecule has 1 aromatic heterocycles. The van der Waals surface area contributed by atoms with Crippen molar-refractivity contribution in [1.29, 1.82) is 0 Å². The number of fused-ring (bicyclic) bond motifs is 1. The smallest absolute Gasteiger partial charge is 0.243 e. The summed E-state index contributed by atoms with van der Waals surface area (Å²) in [6, 6.07) is 11.7. The van der Waals surface area contributed by atoms with Crippen molar-refractivity contribution in [3.63, 3.8) is 0 Å². The predicted octanol–water partition coefficient (Wildman–Crippen LogP) is 4.19. The van der Waals surface area contributed by atoms with E-state index in [-0.39, 0.29) is 48.0 Å². The van der Waals surface area contributed by atoms with Crippen LogP contribution in [-0.2, 0) is 22.7 Å². The van der Waals surface area contributed by atoms with Crippen molar-refractivity contribution < 1.29 is 18.8 Å². The Hall–Kier alpha value is -3.19. The third-order valence-electron chi connectivity index (χ3n) is 5.24. The Bertz CT molecular complexity index is 1170. The Morgan fingerprint density at radius 3 is 2.53 bits per heavy atom. The van der Waals surface area contributed by atoms with Crippen LogP contribution in [0.3, 0.4) is 0 Å². The van der Waals surface area contributed by atoms with Crippen LogP contribution in [0.25, 0.3) is 10.9 Å². The molecule has 0 radical (unpaired) electrons. The summed E-state index contributed by atoms with van der Waals surface area (Å²) in [4.78, 5) is 39.0. The average Bonchev–Trinajstić information content (AvgIpc) is 3.11. The first kappa shape index (κ1) is 23.5. The molecule has 0 aliphatic rings. The standard InChI is InChI=1S/C24H25ClFN3O3/c1-15(2)29(13-22(31)27-11-17-7-6-9-20(25)24(17)26)23(32)14-28-12-19(16(3)30)18-8-4-5-10-21(18)28/h4-10,12,15H,11,13-14H2,1-3H3,(H,27,31). The van der Waals surface area contributed by atoms with E-state index in [1.807, 2.05) is 38.1 Å². The zero-order chi connectivity index (χ0) is 23.4. The molecule has 1 N–H and O–H groups in total. The van der Waals surface area contributed by atoms with E-state index in [9.17, 15) is 18.8 Å². The number of hydrogen-bond acceptors (Lipinski definition) is 3. The van der Waals surface area contributed by atoms with Crippen molar-refractivity contribution in [2.45, 2.75) is 39.9 Å². The van der Waals surface area contributed by atoms with Crippen LogP contribution in [0.1, 0.15) is 36.7 Å². The fourth-order valence-corrected chi connectivity index (χ4v) is 3.74. The Morgan fingerprint density at radius 2 is 1.84 bits per heavy atom. The number of benzene rings is 2. The number of amides is 2. The van der Waals surface area contributed by atoms with Gasteiger partial charge in [0.1, 0.15) is 12.4 Å². The number of halogens is 2. The quantitative estimate of drug-likeness (QED) is 0.515. The summed E-state index contributed by atoms with van der Waals surface area (Å²) in [6.45, 7) is 4.91. The number of hydrogen-bond donors (Lipinski definition) is 1. The van der Waals surface area contributed by atoms with Crippen LogP contribution < -0.4 is 5.32 Å². The lowest BCUT2D eigenvalue weighted by Crippen LogP contribution is -2.45. The van der Waals surface area contributed by atoms with Crippen LogP contribution in [-0.4, -0.2) is 39.7 Å². The normalized spacial score (nSPS) is 11.1. The molecule has 0 aliphatic carbocycles. The van der Waals surface area contributed by atoms with Crippen molar-refractivity contribution in [2.24, 2.45) is 0 Å². The summed E-state index contributed by atoms with van der Waals surface area (Å²) < 4.78 is 15.8. The lowest BCUT2D eigenvalue weighted by atomic mass is 10.1. The number of carbonyl (C=O) groups is 3. The number of Topliss-reactive ketones (excluding diaryl/α,β-unsaturated/α-hetero) is 1. The van der Waals surface area contributed by atoms with Crippen LogP contribution in [0.4, 0.5) is 4.39 Å². The van der Waals surface area contributed by atoms with Crippen molar-refractivity contribution >= 4 is 40.1 Å². The van der Waals surface area contributed by atoms with Crippen LogP contribution >= 0.6 is 11.6 Å². The van der Waals surface area contributed by atoms with Crippen LogP contribution in [0.2, 0.25) is 5.02 Å². The van der Waals surface area contributed by atoms with Gasteiger partial charge in [0.25, 0.3) is 0 Å². The molecule has 0 atom stereocenters. The summed E-state index contributed by atoms with van der Waals surface area (Å²) in [5.74, 6) is -1.33. The minimum atomic E-state index is -0.577. The first-order valence-electron chi connectivity index (χ1n) is 10.3. The van der Waals surface area contributed by atoms with Crippen LogP contribution in [0, 0.1) is 5.82 Å². The highest BCUT2D eigenvalue weighted by Crippen LogP contribution is 2.22. The minimum absolute atomic E-state index is 0.0117. The van der Waals surface area contributed by atoms with Gasteiger partial charge >= 0.3 is 0 Å². The van der Waals surface area contributed by atoms with Gasteiger partial charge in [-0.3, -0.25) is 14.4 Å². The monoisotopic (exact) mass is 457 g/mol. The topological polar surface area (TPSA) is 71.4 Å². The second-order valence-electron chi connectivity index (χ2n) is 7.85. The zero-order valence-electron chi connectivity index (χ0n) is 18.2. The molecule has 0 saturated carbocycles. The van der Waals surface area contributed by atoms with E-state index in [0.29, 0.717) is 5.56 Å². The summed E-state index contributed by atoms with van der Waals surface area (Å²) in [5, 5.41) is 3.41. The molecular formula is C24H25ClFN3O3. The number of nitrogens with one attached hydrogen (secondary N) is 1. The third kappa shape index (κ3) is 5.16. The molecule has 0 saturated heterocycles. The lowest BCUT2D eigenvalue weighted by molar-refractivity contribution is -0.138. The second kappa shape index (κ2) is 9.96. The summed E-state index contributed by atoms with van der Waals surface area (Å²) in [6.07, 6.45) is 1.67. The van der Waals surface area contributed by atoms with E-state index in [4.69, 9.17) is 11.6 Å². The van der Waals surface area contributed by atoms with Gasteiger partial charge in [0, 0.05) is 40.8 Å². The molecule has 0 fully saturated rings. The van der Waals surface area contributed by atoms with Gasteiger partial charge < -0.3 is 14.8 Å². The molecule has 32 heavy (non-hydrogen) atoms. The van der Waals surface area contributed by atoms with Crippen LogP contribution in [0.5, 0.6) is 0 Å². The van der Waals surface area contributed by atoms with E-state index in [2.05, 4.69) is 5.32 Å². The highest BCUT2D eigenvalue weighted by atomic mass is 35.5. The molecule has 6 nitrogen and oxygen atoms in total. The summed E-state index contributed by atoms with van der Waals surface area (Å²) >= 11 is 5.77. The summed E-state index contributed by atoms with van der Waals surface area (Å²) in [5.41, 5.74) is 1.59. The first-order chi connectivity index (χ1) is 15.2. The van der Waals surface area contributed by atoms with Gasteiger partial charge in [-0.25, -0.2) is 4.39 Å². The average molecular weight is 458 g/mol. The number of para-hydroxylation sites is 1. The van der Waals surface area contributed by atoms with Gasteiger partial charge in [0.2, 0.25) is 11.8 Å². The zero-order valence-corrected chi connectivity index (χ0v) is 18.9. The lowest BCUT2D eigenvalue weighted by Gasteiger charge is -2.26. The Labute approximate surface area is 191 Å². The molecule has 0 bridgehead atoms. The molecule has 8 heteroatoms. The molecule has 0 aliphatic heterocycles. The molecule has 3 rings (SSSR count). The van der Waals surface area contributed by atoms with Crippen molar-refractivity contribution in [3.8, 4) is 0 Å². The highest BCUT2D eigenvalue weighted by Gasteiger charge is 2.22. The van der Waals surface area contributed by atoms with E-state index in [0.717, 1.165) is 10.9 Å². The number of carbonyl (C=O) groups excluding carboxylic acids is 3. The number of aromatic nitrogens is 1. The van der Waals surface area contributed by atoms with Crippen molar-refractivity contribution in [2.75, 3.05) is 6.54 Å². The van der Waals surface area contributed by atoms with E-state index < -0.39 is 11.7 Å². The predicted molar refractivity (Wildman–Crippen MR) is 122 cm³/mol. The van der Waals surface area contributed by atoms with E-state index >= 15 is 0 Å². The van der Waals surface area contributed by atoms with Crippen molar-refractivity contribution in [1.82, 2.24) is 14.8 Å². The Kier molecular flexibility index (Phi) is 7.30. The number of nitrogens with zero attached hydrogens (tertiary/aromatic N) is 2. The minimum Gasteiger partial charge on any atom is -0.350 e. The maximum absolute atomic E-state index is 14.0. The van der Waals surface area contributed by atoms with E-state index in [1.165, 1.54) is 24.0 Å². The van der Waals surface area contributed by atoms with Gasteiger partial charge in [0.15, 0.2) is 5.78 Å². The second-order valence-corrected chi connectivity index (χ2v) is 8.26. The molecule has 2 aromatic carbocycles. The fourth-order valence-electron chi connectivity index (χ4n) is 3.54. The third-order valence-corrected chi connectivity index (χ3v) is 5.53. The van der Waals surface area contributed by atoms with Gasteiger partial charge in [-0.05, 0) is 32.9 Å². The van der Waals surface area contributed by atoms with Gasteiger partial charge in [0.05, 0.1) is 11.6 Å². The summed E-state index contributed by atoms with van der Waals surface area (Å²) in [7, 11) is 0. The van der Waals surface area contributed by atoms with Gasteiger partial charge in [-0.15, -0.1) is 0 Å². The van der Waals surface area contributed by atoms with Gasteiger partial charge in [-0.1, -0.05) is 41.9 Å². The molecule has 3 aromatic rings. The number of ketones is 1. The first-order valence-corrected chi connectivity index (χ1v) is 10.6. The van der Waals surface area contributed by atoms with E-state index in [1.54, 1.807) is 16.8 Å². The Morgan fingerprint density at radius 1 is 1.12 bits per heavy atom.